The molecule has 2 spiro atoms. The number of thioether (sulfide) groups is 1. The predicted molar refractivity (Wildman–Crippen MR) is 133 cm³/mol. The molecule has 2 amide bonds. The number of benzene rings is 1. The van der Waals surface area contributed by atoms with Crippen LogP contribution in [0, 0.1) is 0 Å². The summed E-state index contributed by atoms with van der Waals surface area (Å²) in [6.07, 6.45) is 1.59. The lowest BCUT2D eigenvalue weighted by molar-refractivity contribution is -0.139. The summed E-state index contributed by atoms with van der Waals surface area (Å²) in [7, 11) is 3.74. The van der Waals surface area contributed by atoms with Gasteiger partial charge in [0.15, 0.2) is 5.54 Å². The number of hydrogen-bond donors (Lipinski definition) is 0. The standard InChI is InChI=1S/C24H21N3O3S3/c1-25-14-17(19-10-6-12-32-19)24(21(29)27(22(31)33-24)13-15-7-5-11-30-15)23(25)16-8-3-4-9-18(16)26(2)20(23)28/h3-12,17H,13-14H2,1-2H3/t17-,23-,24+/m0/s1. The molecule has 0 saturated carbocycles. The van der Waals surface area contributed by atoms with E-state index in [-0.39, 0.29) is 24.3 Å². The van der Waals surface area contributed by atoms with E-state index in [1.807, 2.05) is 48.8 Å². The Morgan fingerprint density at radius 3 is 2.64 bits per heavy atom. The first kappa shape index (κ1) is 21.1. The quantitative estimate of drug-likeness (QED) is 0.511. The van der Waals surface area contributed by atoms with Crippen LogP contribution in [0.25, 0.3) is 0 Å². The zero-order valence-electron chi connectivity index (χ0n) is 18.1. The van der Waals surface area contributed by atoms with Gasteiger partial charge in [-0.2, -0.15) is 0 Å². The molecule has 3 aliphatic heterocycles. The van der Waals surface area contributed by atoms with Gasteiger partial charge >= 0.3 is 0 Å². The van der Waals surface area contributed by atoms with Crippen LogP contribution in [-0.4, -0.2) is 51.3 Å². The fraction of sp³-hybridized carbons (Fsp3) is 0.292. The number of thiophene rings is 1. The summed E-state index contributed by atoms with van der Waals surface area (Å²) in [5.74, 6) is 0.249. The Morgan fingerprint density at radius 2 is 1.91 bits per heavy atom. The Bertz CT molecular complexity index is 1280. The summed E-state index contributed by atoms with van der Waals surface area (Å²) >= 11 is 8.79. The molecule has 9 heteroatoms. The van der Waals surface area contributed by atoms with Crippen LogP contribution in [0.15, 0.2) is 64.6 Å². The summed E-state index contributed by atoms with van der Waals surface area (Å²) in [6.45, 7) is 0.826. The summed E-state index contributed by atoms with van der Waals surface area (Å²) in [5, 5.41) is 2.02. The number of furan rings is 1. The fourth-order valence-electron chi connectivity index (χ4n) is 5.79. The third-order valence-electron chi connectivity index (χ3n) is 7.14. The first-order chi connectivity index (χ1) is 15.9. The van der Waals surface area contributed by atoms with Crippen molar-refractivity contribution in [2.75, 3.05) is 25.5 Å². The molecule has 0 radical (unpaired) electrons. The number of nitrogens with zero attached hydrogens (tertiary/aromatic N) is 3. The molecule has 2 aromatic heterocycles. The first-order valence-electron chi connectivity index (χ1n) is 10.6. The molecule has 168 valence electrons. The van der Waals surface area contributed by atoms with Gasteiger partial charge in [-0.1, -0.05) is 48.2 Å². The van der Waals surface area contributed by atoms with Crippen molar-refractivity contribution in [2.45, 2.75) is 22.7 Å². The maximum Gasteiger partial charge on any atom is 0.254 e. The van der Waals surface area contributed by atoms with E-state index in [0.29, 0.717) is 16.6 Å². The van der Waals surface area contributed by atoms with E-state index in [4.69, 9.17) is 16.6 Å². The first-order valence-corrected chi connectivity index (χ1v) is 12.7. The number of anilines is 1. The third-order valence-corrected chi connectivity index (χ3v) is 10.1. The Balaban J connectivity index is 1.60. The molecule has 3 aromatic rings. The van der Waals surface area contributed by atoms with E-state index in [1.54, 1.807) is 40.5 Å². The largest absolute Gasteiger partial charge is 0.467 e. The van der Waals surface area contributed by atoms with Gasteiger partial charge in [-0.05, 0) is 36.7 Å². The van der Waals surface area contributed by atoms with E-state index >= 15 is 0 Å². The van der Waals surface area contributed by atoms with Crippen LogP contribution in [0.4, 0.5) is 5.69 Å². The Kier molecular flexibility index (Phi) is 4.65. The lowest BCUT2D eigenvalue weighted by atomic mass is 9.73. The number of likely N-dealkylation sites (tertiary alicyclic amines) is 1. The van der Waals surface area contributed by atoms with Crippen molar-refractivity contribution in [3.05, 3.63) is 76.4 Å². The van der Waals surface area contributed by atoms with Crippen molar-refractivity contribution in [1.29, 1.82) is 0 Å². The van der Waals surface area contributed by atoms with Crippen LogP contribution in [0.2, 0.25) is 0 Å². The van der Waals surface area contributed by atoms with Gasteiger partial charge in [0.05, 0.1) is 12.8 Å². The number of para-hydroxylation sites is 1. The Hall–Kier alpha value is -2.46. The highest BCUT2D eigenvalue weighted by molar-refractivity contribution is 8.25. The second kappa shape index (κ2) is 7.27. The minimum atomic E-state index is -1.16. The molecule has 0 N–H and O–H groups in total. The van der Waals surface area contributed by atoms with Gasteiger partial charge in [-0.15, -0.1) is 11.3 Å². The van der Waals surface area contributed by atoms with Crippen LogP contribution in [0.5, 0.6) is 0 Å². The van der Waals surface area contributed by atoms with Crippen molar-refractivity contribution < 1.29 is 14.0 Å². The second-order valence-corrected chi connectivity index (χ2v) is 11.5. The Morgan fingerprint density at radius 1 is 1.09 bits per heavy atom. The third kappa shape index (κ3) is 2.51. The summed E-state index contributed by atoms with van der Waals surface area (Å²) in [6, 6.07) is 15.5. The number of carbonyl (C=O) groups is 2. The van der Waals surface area contributed by atoms with Gasteiger partial charge < -0.3 is 9.32 Å². The van der Waals surface area contributed by atoms with E-state index in [9.17, 15) is 9.59 Å². The lowest BCUT2D eigenvalue weighted by Crippen LogP contribution is -2.62. The minimum Gasteiger partial charge on any atom is -0.467 e. The average molecular weight is 496 g/mol. The van der Waals surface area contributed by atoms with Crippen LogP contribution < -0.4 is 4.90 Å². The highest BCUT2D eigenvalue weighted by Gasteiger charge is 2.78. The summed E-state index contributed by atoms with van der Waals surface area (Å²) in [5.41, 5.74) is 0.545. The number of carbonyl (C=O) groups excluding carboxylic acids is 2. The normalized spacial score (nSPS) is 29.3. The molecule has 2 saturated heterocycles. The number of hydrogen-bond acceptors (Lipinski definition) is 7. The average Bonchev–Trinajstić information content (AvgIpc) is 3.62. The maximum absolute atomic E-state index is 14.5. The number of likely N-dealkylation sites (N-methyl/N-ethyl adjacent to an activating group) is 2. The zero-order chi connectivity index (χ0) is 23.0. The number of thiocarbonyl (C=S) groups is 1. The smallest absolute Gasteiger partial charge is 0.254 e. The van der Waals surface area contributed by atoms with E-state index < -0.39 is 10.3 Å². The van der Waals surface area contributed by atoms with E-state index in [1.165, 1.54) is 11.8 Å². The van der Waals surface area contributed by atoms with Crippen LogP contribution in [0.1, 0.15) is 22.1 Å². The van der Waals surface area contributed by atoms with Crippen LogP contribution in [0.3, 0.4) is 0 Å². The van der Waals surface area contributed by atoms with Crippen molar-refractivity contribution in [3.63, 3.8) is 0 Å². The van der Waals surface area contributed by atoms with E-state index in [0.717, 1.165) is 16.1 Å². The van der Waals surface area contributed by atoms with Crippen molar-refractivity contribution in [3.8, 4) is 0 Å². The van der Waals surface area contributed by atoms with E-state index in [2.05, 4.69) is 11.0 Å². The Labute approximate surface area is 205 Å². The van der Waals surface area contributed by atoms with Crippen molar-refractivity contribution in [2.24, 2.45) is 0 Å². The lowest BCUT2D eigenvalue weighted by Gasteiger charge is -2.42. The molecular formula is C24H21N3O3S3. The van der Waals surface area contributed by atoms with Crippen molar-refractivity contribution in [1.82, 2.24) is 9.80 Å². The summed E-state index contributed by atoms with van der Waals surface area (Å²) in [4.78, 5) is 35.2. The number of fused-ring (bicyclic) bond motifs is 3. The van der Waals surface area contributed by atoms with Gasteiger partial charge in [-0.25, -0.2) is 0 Å². The topological polar surface area (TPSA) is 57.0 Å². The zero-order valence-corrected chi connectivity index (χ0v) is 20.5. The molecular weight excluding hydrogens is 474 g/mol. The fourth-order valence-corrected chi connectivity index (χ4v) is 8.86. The van der Waals surface area contributed by atoms with Gasteiger partial charge in [0, 0.05) is 35.6 Å². The molecule has 6 nitrogen and oxygen atoms in total. The summed E-state index contributed by atoms with van der Waals surface area (Å²) < 4.78 is 4.89. The molecule has 3 atom stereocenters. The molecule has 2 fully saturated rings. The van der Waals surface area contributed by atoms with Crippen LogP contribution >= 0.6 is 35.3 Å². The SMILES string of the molecule is CN1C(=O)[C@]2(c3ccccc31)N(C)C[C@@H](c1cccs1)[C@]21SC(=S)N(Cc2ccco2)C1=O. The number of rotatable bonds is 3. The molecule has 0 bridgehead atoms. The maximum atomic E-state index is 14.5. The van der Waals surface area contributed by atoms with Gasteiger partial charge in [-0.3, -0.25) is 19.4 Å². The minimum absolute atomic E-state index is 0.0891. The molecule has 6 rings (SSSR count). The molecule has 33 heavy (non-hydrogen) atoms. The molecule has 5 heterocycles. The van der Waals surface area contributed by atoms with Gasteiger partial charge in [0.1, 0.15) is 14.8 Å². The molecule has 1 aromatic carbocycles. The van der Waals surface area contributed by atoms with Gasteiger partial charge in [0.2, 0.25) is 5.91 Å². The monoisotopic (exact) mass is 495 g/mol. The number of amides is 2. The highest BCUT2D eigenvalue weighted by atomic mass is 32.2. The highest BCUT2D eigenvalue weighted by Crippen LogP contribution is 2.66. The van der Waals surface area contributed by atoms with Crippen molar-refractivity contribution >= 4 is 57.1 Å². The second-order valence-electron chi connectivity index (χ2n) is 8.61. The predicted octanol–water partition coefficient (Wildman–Crippen LogP) is 4.04. The molecule has 0 aliphatic carbocycles. The van der Waals surface area contributed by atoms with Gasteiger partial charge in [0.25, 0.3) is 5.91 Å². The molecule has 3 aliphatic rings. The molecule has 0 unspecified atom stereocenters. The van der Waals surface area contributed by atoms with Crippen LogP contribution in [-0.2, 0) is 21.7 Å².